The van der Waals surface area contributed by atoms with Gasteiger partial charge in [-0.25, -0.2) is 0 Å². The third-order valence-corrected chi connectivity index (χ3v) is 4.72. The van der Waals surface area contributed by atoms with Gasteiger partial charge in [0.2, 0.25) is 0 Å². The van der Waals surface area contributed by atoms with E-state index in [1.54, 1.807) is 0 Å². The van der Waals surface area contributed by atoms with Crippen LogP contribution in [-0.4, -0.2) is 34.8 Å². The molecule has 0 saturated carbocycles. The molecular weight excluding hydrogens is 166 g/mol. The number of unbranched alkanes of at least 4 members (excludes halogenated alkanes) is 1. The Morgan fingerprint density at radius 2 is 2.29 bits per heavy atom. The van der Waals surface area contributed by atoms with Crippen LogP contribution in [0, 0.1) is 0 Å². The molecule has 0 radical (unpaired) electrons. The van der Waals surface area contributed by atoms with Crippen LogP contribution >= 0.6 is 0 Å². The average Bonchev–Trinajstić information content (AvgIpc) is 1.61. The van der Waals surface area contributed by atoms with Gasteiger partial charge in [-0.1, -0.05) is 0 Å². The van der Waals surface area contributed by atoms with Gasteiger partial charge in [0.1, 0.15) is 0 Å². The molecule has 1 atom stereocenters. The summed E-state index contributed by atoms with van der Waals surface area (Å²) in [4.78, 5) is 0. The number of hydrogen-bond donors (Lipinski definition) is 0. The minimum atomic E-state index is -1.19. The fourth-order valence-corrected chi connectivity index (χ4v) is 3.31. The Hall–Kier alpha value is 1.32. The van der Waals surface area contributed by atoms with Crippen molar-refractivity contribution in [3.8, 4) is 0 Å². The fourth-order valence-electron chi connectivity index (χ4n) is 0.348. The molecule has 0 amide bonds. The molecule has 38 valence electrons. The molecule has 0 spiro atoms. The summed E-state index contributed by atoms with van der Waals surface area (Å²) in [5.74, 6) is 0. The van der Waals surface area contributed by atoms with Crippen molar-refractivity contribution >= 4 is 34.8 Å². The van der Waals surface area contributed by atoms with E-state index >= 15 is 0 Å². The molecule has 0 aromatic carbocycles. The molecule has 0 aliphatic carbocycles. The molecule has 0 aliphatic heterocycles. The van der Waals surface area contributed by atoms with Gasteiger partial charge >= 0.3 is 63.7 Å². The minimum absolute atomic E-state index is 0.953. The first-order chi connectivity index (χ1) is 3.27. The molecule has 0 saturated heterocycles. The van der Waals surface area contributed by atoms with Crippen molar-refractivity contribution in [2.24, 2.45) is 0 Å². The molecule has 3 heteroatoms. The predicted molar refractivity (Wildman–Crippen MR) is 31.9 cm³/mol. The van der Waals surface area contributed by atoms with E-state index in [2.05, 4.69) is 6.92 Å². The van der Waals surface area contributed by atoms with Crippen LogP contribution in [0.4, 0.5) is 0 Å². The van der Waals surface area contributed by atoms with Crippen LogP contribution in [-0.2, 0) is 3.83 Å². The van der Waals surface area contributed by atoms with Gasteiger partial charge in [-0.15, -0.1) is 0 Å². The number of rotatable bonds is 3. The first-order valence-corrected chi connectivity index (χ1v) is 10.4. The quantitative estimate of drug-likeness (QED) is 0.581. The Morgan fingerprint density at radius 3 is 2.43 bits per heavy atom. The summed E-state index contributed by atoms with van der Waals surface area (Å²) in [6.45, 7) is 2.14. The molecule has 0 rings (SSSR count). The molecule has 0 aromatic rings. The van der Waals surface area contributed by atoms with Crippen molar-refractivity contribution in [2.75, 3.05) is 0 Å². The molecule has 0 aliphatic rings. The second kappa shape index (κ2) is 5.46. The maximum absolute atomic E-state index is 10.5. The Kier molecular flexibility index (Phi) is 6.48. The van der Waals surface area contributed by atoms with Crippen LogP contribution in [0.5, 0.6) is 0 Å². The van der Waals surface area contributed by atoms with Crippen LogP contribution in [0.15, 0.2) is 0 Å². The summed E-state index contributed by atoms with van der Waals surface area (Å²) in [5, 5.41) is 1.03. The second-order valence-corrected chi connectivity index (χ2v) is 9.62. The molecule has 1 unspecified atom stereocenters. The molecule has 0 heterocycles. The van der Waals surface area contributed by atoms with Crippen LogP contribution in [0.1, 0.15) is 19.8 Å². The van der Waals surface area contributed by atoms with Crippen molar-refractivity contribution in [1.29, 1.82) is 0 Å². The summed E-state index contributed by atoms with van der Waals surface area (Å²) < 4.78 is 10.5. The summed E-state index contributed by atoms with van der Waals surface area (Å²) in [6.07, 6.45) is 2.38. The van der Waals surface area contributed by atoms with Crippen LogP contribution < -0.4 is 0 Å². The van der Waals surface area contributed by atoms with Gasteiger partial charge in [-0.05, 0) is 0 Å². The van der Waals surface area contributed by atoms with Crippen LogP contribution in [0.3, 0.4) is 0 Å². The molecule has 0 N–H and O–H groups in total. The Bertz CT molecular complexity index is 64.7. The fraction of sp³-hybridized carbons (Fsp3) is 1.00. The maximum atomic E-state index is 10.5. The summed E-state index contributed by atoms with van der Waals surface area (Å²) in [6, 6.07) is 0. The normalized spacial score (nSPS) is 14.1. The van der Waals surface area contributed by atoms with Gasteiger partial charge in [0, 0.05) is 0 Å². The predicted octanol–water partition coefficient (Wildman–Crippen LogP) is 0.874. The Balaban J connectivity index is 2.82. The molecule has 7 heavy (non-hydrogen) atoms. The van der Waals surface area contributed by atoms with E-state index in [0.29, 0.717) is 0 Å². The molecule has 0 bridgehead atoms. The van der Waals surface area contributed by atoms with Gasteiger partial charge in [-0.2, -0.15) is 0 Å². The van der Waals surface area contributed by atoms with Crippen LogP contribution in [0.25, 0.3) is 0 Å². The van der Waals surface area contributed by atoms with Gasteiger partial charge in [-0.3, -0.25) is 0 Å². The van der Waals surface area contributed by atoms with Crippen LogP contribution in [0.2, 0.25) is 5.32 Å². The van der Waals surface area contributed by atoms with Gasteiger partial charge in [0.05, 0.1) is 0 Å². The van der Waals surface area contributed by atoms with E-state index in [4.69, 9.17) is 0 Å². The van der Waals surface area contributed by atoms with E-state index < -0.39 is 9.39 Å². The van der Waals surface area contributed by atoms with E-state index in [1.165, 1.54) is 12.8 Å². The third kappa shape index (κ3) is 7.32. The molecular formula is C4H9NaOSe. The summed E-state index contributed by atoms with van der Waals surface area (Å²) in [7, 11) is -1.19. The van der Waals surface area contributed by atoms with Gasteiger partial charge in [0.15, 0.2) is 0 Å². The monoisotopic (exact) mass is 176 g/mol. The first kappa shape index (κ1) is 8.32. The molecule has 0 aromatic heterocycles. The zero-order valence-corrected chi connectivity index (χ0v) is 8.65. The van der Waals surface area contributed by atoms with Crippen molar-refractivity contribution in [2.45, 2.75) is 25.1 Å². The Labute approximate surface area is 63.2 Å². The summed E-state index contributed by atoms with van der Waals surface area (Å²) >= 11 is 0.953. The zero-order chi connectivity index (χ0) is 5.70. The second-order valence-electron chi connectivity index (χ2n) is 1.63. The third-order valence-electron chi connectivity index (χ3n) is 0.785. The first-order valence-electron chi connectivity index (χ1n) is 2.57. The standard InChI is InChI=1S/C4H9OSe.Na/c1-2-3-4-6-5;/h2-4H2,1H3;/q+1;-1. The van der Waals surface area contributed by atoms with Crippen molar-refractivity contribution in [3.05, 3.63) is 0 Å². The summed E-state index contributed by atoms with van der Waals surface area (Å²) in [5.41, 5.74) is 0. The Morgan fingerprint density at radius 1 is 1.71 bits per heavy atom. The van der Waals surface area contributed by atoms with Crippen molar-refractivity contribution in [3.63, 3.8) is 0 Å². The van der Waals surface area contributed by atoms with Crippen molar-refractivity contribution < 1.29 is 3.83 Å². The zero-order valence-electron chi connectivity index (χ0n) is 4.94. The van der Waals surface area contributed by atoms with E-state index in [1.807, 2.05) is 0 Å². The average molecular weight is 175 g/mol. The van der Waals surface area contributed by atoms with Gasteiger partial charge in [0.25, 0.3) is 0 Å². The topological polar surface area (TPSA) is 17.1 Å². The number of hydrogen-bond acceptors (Lipinski definition) is 1. The molecule has 1 nitrogen and oxygen atoms in total. The molecule has 0 fully saturated rings. The van der Waals surface area contributed by atoms with Gasteiger partial charge < -0.3 is 0 Å². The van der Waals surface area contributed by atoms with E-state index in [0.717, 1.165) is 30.7 Å². The van der Waals surface area contributed by atoms with Crippen molar-refractivity contribution in [1.82, 2.24) is 0 Å². The van der Waals surface area contributed by atoms with E-state index in [-0.39, 0.29) is 0 Å². The van der Waals surface area contributed by atoms with E-state index in [9.17, 15) is 3.83 Å². The SMILES string of the molecule is CCCC[Se](=O)[Na].